The molecule has 0 radical (unpaired) electrons. The summed E-state index contributed by atoms with van der Waals surface area (Å²) >= 11 is 0. The molecule has 0 aliphatic rings. The van der Waals surface area contributed by atoms with Crippen LogP contribution in [0.4, 0.5) is 5.69 Å². The van der Waals surface area contributed by atoms with E-state index in [-0.39, 0.29) is 12.4 Å². The molecule has 3 nitrogen and oxygen atoms in total. The van der Waals surface area contributed by atoms with E-state index in [9.17, 15) is 0 Å². The van der Waals surface area contributed by atoms with Crippen LogP contribution in [-0.2, 0) is 7.05 Å². The first-order valence-electron chi connectivity index (χ1n) is 3.43. The Balaban J connectivity index is 0.000001000. The Morgan fingerprint density at radius 2 is 2.18 bits per heavy atom. The second-order valence-corrected chi connectivity index (χ2v) is 2.70. The van der Waals surface area contributed by atoms with Gasteiger partial charge in [0.1, 0.15) is 0 Å². The maximum Gasteiger partial charge on any atom is 0.0728 e. The molecule has 0 atom stereocenters. The Kier molecular flexibility index (Phi) is 3.97. The summed E-state index contributed by atoms with van der Waals surface area (Å²) in [4.78, 5) is 0. The van der Waals surface area contributed by atoms with E-state index >= 15 is 0 Å². The van der Waals surface area contributed by atoms with Crippen molar-refractivity contribution in [2.24, 2.45) is 7.05 Å². The van der Waals surface area contributed by atoms with Crippen LogP contribution < -0.4 is 5.32 Å². The zero-order chi connectivity index (χ0) is 7.56. The SMILES string of the molecule is CC(C)Nc1cnn(C)c1.Cl. The zero-order valence-electron chi connectivity index (χ0n) is 7.03. The van der Waals surface area contributed by atoms with Crippen molar-refractivity contribution in [1.29, 1.82) is 0 Å². The van der Waals surface area contributed by atoms with Crippen LogP contribution in [0.3, 0.4) is 0 Å². The van der Waals surface area contributed by atoms with Crippen LogP contribution in [0.5, 0.6) is 0 Å². The van der Waals surface area contributed by atoms with Crippen molar-refractivity contribution in [3.8, 4) is 0 Å². The molecule has 1 heterocycles. The summed E-state index contributed by atoms with van der Waals surface area (Å²) in [7, 11) is 1.91. The first kappa shape index (κ1) is 10.3. The van der Waals surface area contributed by atoms with Crippen molar-refractivity contribution in [2.75, 3.05) is 5.32 Å². The summed E-state index contributed by atoms with van der Waals surface area (Å²) in [5.74, 6) is 0. The van der Waals surface area contributed by atoms with E-state index in [2.05, 4.69) is 24.3 Å². The molecule has 1 N–H and O–H groups in total. The Labute approximate surface area is 73.2 Å². The minimum atomic E-state index is 0. The zero-order valence-corrected chi connectivity index (χ0v) is 7.85. The number of nitrogens with zero attached hydrogens (tertiary/aromatic N) is 2. The highest BCUT2D eigenvalue weighted by molar-refractivity contribution is 5.85. The molecule has 0 aliphatic heterocycles. The molecular weight excluding hydrogens is 162 g/mol. The molecule has 0 unspecified atom stereocenters. The number of anilines is 1. The van der Waals surface area contributed by atoms with Gasteiger partial charge >= 0.3 is 0 Å². The fourth-order valence-electron chi connectivity index (χ4n) is 0.829. The lowest BCUT2D eigenvalue weighted by atomic mass is 10.4. The van der Waals surface area contributed by atoms with E-state index in [1.807, 2.05) is 19.4 Å². The topological polar surface area (TPSA) is 29.9 Å². The lowest BCUT2D eigenvalue weighted by Gasteiger charge is -2.04. The molecule has 0 aliphatic carbocycles. The van der Waals surface area contributed by atoms with Gasteiger partial charge in [-0.3, -0.25) is 4.68 Å². The summed E-state index contributed by atoms with van der Waals surface area (Å²) in [5, 5.41) is 7.27. The van der Waals surface area contributed by atoms with E-state index in [1.165, 1.54) is 0 Å². The molecule has 1 aromatic rings. The third-order valence-corrected chi connectivity index (χ3v) is 1.16. The fourth-order valence-corrected chi connectivity index (χ4v) is 0.829. The average Bonchev–Trinajstić information content (AvgIpc) is 2.13. The normalized spacial score (nSPS) is 9.45. The van der Waals surface area contributed by atoms with Gasteiger partial charge < -0.3 is 5.32 Å². The average molecular weight is 176 g/mol. The number of nitrogens with one attached hydrogen (secondary N) is 1. The molecule has 4 heteroatoms. The van der Waals surface area contributed by atoms with Gasteiger partial charge in [0.25, 0.3) is 0 Å². The number of halogens is 1. The second-order valence-electron chi connectivity index (χ2n) is 2.70. The molecule has 0 fully saturated rings. The molecule has 1 rings (SSSR count). The minimum Gasteiger partial charge on any atom is -0.380 e. The van der Waals surface area contributed by atoms with Gasteiger partial charge in [0.2, 0.25) is 0 Å². The van der Waals surface area contributed by atoms with Crippen molar-refractivity contribution < 1.29 is 0 Å². The summed E-state index contributed by atoms with van der Waals surface area (Å²) < 4.78 is 1.78. The van der Waals surface area contributed by atoms with Crippen molar-refractivity contribution in [2.45, 2.75) is 19.9 Å². The van der Waals surface area contributed by atoms with Gasteiger partial charge in [-0.05, 0) is 13.8 Å². The Hall–Kier alpha value is -0.700. The first-order chi connectivity index (χ1) is 4.68. The molecule has 0 amide bonds. The Morgan fingerprint density at radius 3 is 2.55 bits per heavy atom. The number of hydrogen-bond acceptors (Lipinski definition) is 2. The van der Waals surface area contributed by atoms with Gasteiger partial charge in [0.15, 0.2) is 0 Å². The van der Waals surface area contributed by atoms with Crippen LogP contribution in [0.1, 0.15) is 13.8 Å². The fraction of sp³-hybridized carbons (Fsp3) is 0.571. The Morgan fingerprint density at radius 1 is 1.55 bits per heavy atom. The van der Waals surface area contributed by atoms with Crippen molar-refractivity contribution >= 4 is 18.1 Å². The number of aryl methyl sites for hydroxylation is 1. The predicted molar refractivity (Wildman–Crippen MR) is 49.2 cm³/mol. The molecular formula is C7H14ClN3. The van der Waals surface area contributed by atoms with Gasteiger partial charge in [0.05, 0.1) is 11.9 Å². The van der Waals surface area contributed by atoms with Crippen LogP contribution in [-0.4, -0.2) is 15.8 Å². The van der Waals surface area contributed by atoms with E-state index in [0.29, 0.717) is 6.04 Å². The van der Waals surface area contributed by atoms with Gasteiger partial charge in [-0.1, -0.05) is 0 Å². The van der Waals surface area contributed by atoms with E-state index in [4.69, 9.17) is 0 Å². The number of hydrogen-bond donors (Lipinski definition) is 1. The van der Waals surface area contributed by atoms with Crippen LogP contribution in [0.2, 0.25) is 0 Å². The lowest BCUT2D eigenvalue weighted by molar-refractivity contribution is 0.767. The van der Waals surface area contributed by atoms with Crippen molar-refractivity contribution in [3.05, 3.63) is 12.4 Å². The molecule has 0 spiro atoms. The molecule has 0 saturated heterocycles. The highest BCUT2D eigenvalue weighted by atomic mass is 35.5. The standard InChI is InChI=1S/C7H13N3.ClH/c1-6(2)9-7-4-8-10(3)5-7;/h4-6,9H,1-3H3;1H. The molecule has 1 aromatic heterocycles. The Bertz CT molecular complexity index is 207. The minimum absolute atomic E-state index is 0. The third-order valence-electron chi connectivity index (χ3n) is 1.16. The molecule has 64 valence electrons. The maximum absolute atomic E-state index is 4.02. The quantitative estimate of drug-likeness (QED) is 0.741. The van der Waals surface area contributed by atoms with Crippen molar-refractivity contribution in [3.63, 3.8) is 0 Å². The van der Waals surface area contributed by atoms with E-state index in [1.54, 1.807) is 4.68 Å². The van der Waals surface area contributed by atoms with E-state index < -0.39 is 0 Å². The smallest absolute Gasteiger partial charge is 0.0728 e. The first-order valence-corrected chi connectivity index (χ1v) is 3.43. The molecule has 0 bridgehead atoms. The van der Waals surface area contributed by atoms with Crippen LogP contribution >= 0.6 is 12.4 Å². The lowest BCUT2D eigenvalue weighted by Crippen LogP contribution is -2.08. The largest absolute Gasteiger partial charge is 0.380 e. The molecule has 0 saturated carbocycles. The summed E-state index contributed by atoms with van der Waals surface area (Å²) in [6.07, 6.45) is 3.78. The van der Waals surface area contributed by atoms with Crippen LogP contribution in [0.15, 0.2) is 12.4 Å². The summed E-state index contributed by atoms with van der Waals surface area (Å²) in [6.45, 7) is 4.21. The highest BCUT2D eigenvalue weighted by Gasteiger charge is 1.95. The monoisotopic (exact) mass is 175 g/mol. The van der Waals surface area contributed by atoms with Gasteiger partial charge in [-0.2, -0.15) is 5.10 Å². The number of rotatable bonds is 2. The second kappa shape index (κ2) is 4.23. The third kappa shape index (κ3) is 3.28. The molecule has 0 aromatic carbocycles. The van der Waals surface area contributed by atoms with Gasteiger partial charge in [0, 0.05) is 19.3 Å². The van der Waals surface area contributed by atoms with Gasteiger partial charge in [-0.15, -0.1) is 12.4 Å². The molecule has 11 heavy (non-hydrogen) atoms. The van der Waals surface area contributed by atoms with Crippen molar-refractivity contribution in [1.82, 2.24) is 9.78 Å². The van der Waals surface area contributed by atoms with Gasteiger partial charge in [-0.25, -0.2) is 0 Å². The maximum atomic E-state index is 4.02. The summed E-state index contributed by atoms with van der Waals surface area (Å²) in [6, 6.07) is 0.476. The van der Waals surface area contributed by atoms with Crippen LogP contribution in [0, 0.1) is 0 Å². The highest BCUT2D eigenvalue weighted by Crippen LogP contribution is 2.04. The van der Waals surface area contributed by atoms with Crippen LogP contribution in [0.25, 0.3) is 0 Å². The number of aromatic nitrogens is 2. The predicted octanol–water partition coefficient (Wildman–Crippen LogP) is 1.66. The summed E-state index contributed by atoms with van der Waals surface area (Å²) in [5.41, 5.74) is 1.08. The van der Waals surface area contributed by atoms with E-state index in [0.717, 1.165) is 5.69 Å².